The van der Waals surface area contributed by atoms with Gasteiger partial charge in [-0.15, -0.1) is 0 Å². The Morgan fingerprint density at radius 1 is 0.232 bits per heavy atom. The molecule has 0 aromatic heterocycles. The van der Waals surface area contributed by atoms with Crippen molar-refractivity contribution in [3.05, 3.63) is 295 Å². The highest BCUT2D eigenvalue weighted by atomic mass is 15.2. The fourth-order valence-electron chi connectivity index (χ4n) is 15.9. The summed E-state index contributed by atoms with van der Waals surface area (Å²) in [4.78, 5) is 5.46. The van der Waals surface area contributed by atoms with Crippen LogP contribution in [0.15, 0.2) is 267 Å². The Morgan fingerprint density at radius 3 is 0.949 bits per heavy atom. The van der Waals surface area contributed by atoms with E-state index in [1.807, 2.05) is 0 Å². The molecule has 0 atom stereocenters. The molecule has 2 aliphatic heterocycles. The zero-order chi connectivity index (χ0) is 68.8. The molecule has 0 fully saturated rings. The van der Waals surface area contributed by atoms with Crippen molar-refractivity contribution in [2.24, 2.45) is 0 Å². The van der Waals surface area contributed by atoms with Gasteiger partial charge in [-0.2, -0.15) is 0 Å². The quantitative estimate of drug-likeness (QED) is 0.111. The minimum Gasteiger partial charge on any atom is -0.310 e. The molecule has 14 aromatic rings. The first-order valence-electron chi connectivity index (χ1n) is 35.7. The number of rotatable bonds is 8. The molecule has 0 radical (unpaired) electrons. The van der Waals surface area contributed by atoms with Gasteiger partial charge in [-0.1, -0.05) is 310 Å². The van der Waals surface area contributed by atoms with E-state index in [0.717, 1.165) is 11.4 Å². The number of benzene rings is 14. The molecule has 0 aliphatic carbocycles. The Morgan fingerprint density at radius 2 is 0.556 bits per heavy atom. The van der Waals surface area contributed by atoms with Crippen LogP contribution in [-0.2, 0) is 27.1 Å². The summed E-state index contributed by atoms with van der Waals surface area (Å²) in [6.45, 7) is 35.3. The molecular formula is C96H89BN2. The van der Waals surface area contributed by atoms with Crippen LogP contribution in [0.2, 0.25) is 0 Å². The summed E-state index contributed by atoms with van der Waals surface area (Å²) in [5, 5.41) is 7.83. The van der Waals surface area contributed by atoms with E-state index in [4.69, 9.17) is 0 Å². The molecule has 16 rings (SSSR count). The number of anilines is 6. The summed E-state index contributed by atoms with van der Waals surface area (Å²) < 4.78 is 0. The first kappa shape index (κ1) is 63.5. The van der Waals surface area contributed by atoms with Crippen molar-refractivity contribution in [3.8, 4) is 66.8 Å². The van der Waals surface area contributed by atoms with Crippen LogP contribution in [0.3, 0.4) is 0 Å². The van der Waals surface area contributed by atoms with Crippen molar-refractivity contribution in [2.45, 2.75) is 131 Å². The number of hydrogen-bond donors (Lipinski definition) is 0. The second-order valence-corrected chi connectivity index (χ2v) is 33.4. The van der Waals surface area contributed by atoms with Crippen LogP contribution in [0, 0.1) is 0 Å². The zero-order valence-corrected chi connectivity index (χ0v) is 60.4. The summed E-state index contributed by atoms with van der Waals surface area (Å²) >= 11 is 0. The van der Waals surface area contributed by atoms with E-state index in [2.05, 4.69) is 381 Å². The Kier molecular flexibility index (Phi) is 14.9. The molecule has 0 N–H and O–H groups in total. The molecule has 0 saturated carbocycles. The molecule has 2 aliphatic rings. The van der Waals surface area contributed by atoms with Gasteiger partial charge >= 0.3 is 0 Å². The monoisotopic (exact) mass is 1280 g/mol. The Labute approximate surface area is 588 Å². The lowest BCUT2D eigenvalue weighted by Crippen LogP contribution is -2.61. The number of nitrogens with zero attached hydrogens (tertiary/aromatic N) is 2. The van der Waals surface area contributed by atoms with Crippen LogP contribution >= 0.6 is 0 Å². The molecule has 2 nitrogen and oxygen atoms in total. The van der Waals surface area contributed by atoms with Gasteiger partial charge < -0.3 is 9.80 Å². The first-order chi connectivity index (χ1) is 47.3. The van der Waals surface area contributed by atoms with Gasteiger partial charge in [-0.05, 0) is 209 Å². The third-order valence-electron chi connectivity index (χ3n) is 21.5. The van der Waals surface area contributed by atoms with Crippen molar-refractivity contribution >= 4 is 89.5 Å². The lowest BCUT2D eigenvalue weighted by atomic mass is 9.33. The van der Waals surface area contributed by atoms with Gasteiger partial charge in [0.1, 0.15) is 0 Å². The predicted octanol–water partition coefficient (Wildman–Crippen LogP) is 25.2. The van der Waals surface area contributed by atoms with Gasteiger partial charge in [0.25, 0.3) is 6.71 Å². The van der Waals surface area contributed by atoms with Crippen molar-refractivity contribution in [1.82, 2.24) is 0 Å². The number of fused-ring (bicyclic) bond motifs is 4. The van der Waals surface area contributed by atoms with Crippen molar-refractivity contribution < 1.29 is 0 Å². The molecule has 0 spiro atoms. The van der Waals surface area contributed by atoms with Crippen LogP contribution in [0.1, 0.15) is 132 Å². The first-order valence-corrected chi connectivity index (χ1v) is 35.7. The highest BCUT2D eigenvalue weighted by Crippen LogP contribution is 2.56. The van der Waals surface area contributed by atoms with E-state index in [-0.39, 0.29) is 33.8 Å². The minimum absolute atomic E-state index is 0.0568. The smallest absolute Gasteiger partial charge is 0.252 e. The fraction of sp³-hybridized carbons (Fsp3) is 0.208. The van der Waals surface area contributed by atoms with Crippen LogP contribution in [0.5, 0.6) is 0 Å². The predicted molar refractivity (Wildman–Crippen MR) is 430 cm³/mol. The molecule has 99 heavy (non-hydrogen) atoms. The summed E-state index contributed by atoms with van der Waals surface area (Å²) in [6, 6.07) is 104. The molecule has 2 heterocycles. The Balaban J connectivity index is 1.11. The number of hydrogen-bond acceptors (Lipinski definition) is 2. The molecule has 486 valence electrons. The summed E-state index contributed by atoms with van der Waals surface area (Å²) in [5.74, 6) is 0. The second kappa shape index (κ2) is 23.2. The van der Waals surface area contributed by atoms with Gasteiger partial charge in [0, 0.05) is 45.0 Å². The van der Waals surface area contributed by atoms with Crippen molar-refractivity contribution in [2.75, 3.05) is 9.80 Å². The highest BCUT2D eigenvalue weighted by molar-refractivity contribution is 7.00. The topological polar surface area (TPSA) is 6.48 Å². The van der Waals surface area contributed by atoms with Gasteiger partial charge in [0.2, 0.25) is 0 Å². The standard InChI is InChI=1S/C96H89BN2/c1-92(2,3)70-47-67-41-42-68-48-71(93(4,5)6)57-80-75(50-69(49-70)87(67)88(68)80)66-44-46-84-82(52-66)97-81-51-65(60-31-21-16-22-32-60)43-45-83(81)98(90-76(61-33-23-17-24-34-61)53-72(94(7,8)9)54-77(90)62-35-25-18-26-36-62)85-58-74(96(13,14)15)59-86(89(85)97)99(84)91-78(63-37-27-19-28-38-63)55-73(95(10,11)12)56-79(91)64-39-29-20-30-40-64/h16-59H,1-15H3. The maximum absolute atomic E-state index is 2.74. The lowest BCUT2D eigenvalue weighted by molar-refractivity contribution is 0.590. The third-order valence-corrected chi connectivity index (χ3v) is 21.5. The highest BCUT2D eigenvalue weighted by Gasteiger charge is 2.47. The van der Waals surface area contributed by atoms with Gasteiger partial charge in [0.05, 0.1) is 11.4 Å². The molecular weight excluding hydrogens is 1190 g/mol. The van der Waals surface area contributed by atoms with Crippen LogP contribution in [0.25, 0.3) is 99.1 Å². The zero-order valence-electron chi connectivity index (χ0n) is 60.4. The van der Waals surface area contributed by atoms with Crippen molar-refractivity contribution in [3.63, 3.8) is 0 Å². The average molecular weight is 1280 g/mol. The largest absolute Gasteiger partial charge is 0.310 e. The maximum Gasteiger partial charge on any atom is 0.252 e. The van der Waals surface area contributed by atoms with E-state index < -0.39 is 0 Å². The summed E-state index contributed by atoms with van der Waals surface area (Å²) in [5.41, 5.74) is 30.8. The van der Waals surface area contributed by atoms with E-state index in [9.17, 15) is 0 Å². The van der Waals surface area contributed by atoms with Crippen molar-refractivity contribution in [1.29, 1.82) is 0 Å². The van der Waals surface area contributed by atoms with Crippen LogP contribution in [-0.4, -0.2) is 6.71 Å². The summed E-state index contributed by atoms with van der Waals surface area (Å²) in [6.07, 6.45) is 0. The lowest BCUT2D eigenvalue weighted by Gasteiger charge is -2.47. The second-order valence-electron chi connectivity index (χ2n) is 33.4. The normalized spacial score (nSPS) is 13.3. The molecule has 3 heteroatoms. The molecule has 0 unspecified atom stereocenters. The fourth-order valence-corrected chi connectivity index (χ4v) is 15.9. The molecule has 0 bridgehead atoms. The van der Waals surface area contributed by atoms with Gasteiger partial charge in [-0.3, -0.25) is 0 Å². The average Bonchev–Trinajstić information content (AvgIpc) is 0.689. The SMILES string of the molecule is CC(C)(C)c1cc(-c2ccccc2)c(N2c3ccc(-c4ccccc4)cc3B3c4cc(-c5cc6cc(C(C)(C)C)cc7ccc8cc(C(C)(C)C)cc5c8c76)ccc4N(c4c(-c5ccccc5)cc(C(C)(C)C)cc4-c4ccccc4)c4cc(C(C)(C)C)cc2c43)c(-c2ccccc2)c1. The van der Waals surface area contributed by atoms with E-state index in [1.165, 1.54) is 166 Å². The minimum atomic E-state index is -0.284. The Bertz CT molecular complexity index is 5340. The van der Waals surface area contributed by atoms with E-state index in [1.54, 1.807) is 0 Å². The molecule has 0 saturated heterocycles. The van der Waals surface area contributed by atoms with Gasteiger partial charge in [-0.25, -0.2) is 0 Å². The van der Waals surface area contributed by atoms with Crippen LogP contribution in [0.4, 0.5) is 34.1 Å². The molecule has 14 aromatic carbocycles. The molecule has 0 amide bonds. The maximum atomic E-state index is 2.74. The van der Waals surface area contributed by atoms with Gasteiger partial charge in [0.15, 0.2) is 0 Å². The van der Waals surface area contributed by atoms with E-state index in [0.29, 0.717) is 0 Å². The Hall–Kier alpha value is -10.2. The summed E-state index contributed by atoms with van der Waals surface area (Å²) in [7, 11) is 0. The van der Waals surface area contributed by atoms with Crippen LogP contribution < -0.4 is 26.2 Å². The third kappa shape index (κ3) is 11.0. The van der Waals surface area contributed by atoms with E-state index >= 15 is 0 Å².